The molecule has 1 saturated heterocycles. The number of ether oxygens (including phenoxy) is 1. The number of aromatic amines is 1. The molecule has 3 heterocycles. The molecule has 1 aliphatic rings. The van der Waals surface area contributed by atoms with Crippen LogP contribution in [-0.4, -0.2) is 51.0 Å². The first-order chi connectivity index (χ1) is 13.7. The van der Waals surface area contributed by atoms with Crippen molar-refractivity contribution in [3.63, 3.8) is 0 Å². The van der Waals surface area contributed by atoms with Gasteiger partial charge in [-0.3, -0.25) is 9.89 Å². The summed E-state index contributed by atoms with van der Waals surface area (Å²) >= 11 is 0. The summed E-state index contributed by atoms with van der Waals surface area (Å²) in [6.45, 7) is 3.60. The highest BCUT2D eigenvalue weighted by molar-refractivity contribution is 5.94. The summed E-state index contributed by atoms with van der Waals surface area (Å²) in [5, 5.41) is 11.7. The molecule has 3 aromatic rings. The van der Waals surface area contributed by atoms with Crippen molar-refractivity contribution in [2.75, 3.05) is 20.2 Å². The Bertz CT molecular complexity index is 961. The minimum absolute atomic E-state index is 0.0170. The molecule has 0 radical (unpaired) electrons. The third-order valence-corrected chi connectivity index (χ3v) is 5.41. The smallest absolute Gasteiger partial charge is 0.257 e. The number of nitrogens with zero attached hydrogens (tertiary/aromatic N) is 4. The first-order valence-electron chi connectivity index (χ1n) is 9.70. The SMILES string of the molecule is CCc1cn[nH]c1C1CCCN(C(=O)c2cnn(-c3ccccc3OC)c2)C1. The van der Waals surface area contributed by atoms with E-state index < -0.39 is 0 Å². The van der Waals surface area contributed by atoms with Gasteiger partial charge in [-0.2, -0.15) is 10.2 Å². The van der Waals surface area contributed by atoms with Gasteiger partial charge in [0.25, 0.3) is 5.91 Å². The van der Waals surface area contributed by atoms with Crippen molar-refractivity contribution >= 4 is 5.91 Å². The first kappa shape index (κ1) is 18.3. The number of aromatic nitrogens is 4. The van der Waals surface area contributed by atoms with Crippen LogP contribution in [0.4, 0.5) is 0 Å². The zero-order chi connectivity index (χ0) is 19.5. The van der Waals surface area contributed by atoms with E-state index in [1.807, 2.05) is 35.4 Å². The minimum Gasteiger partial charge on any atom is -0.494 e. The number of methoxy groups -OCH3 is 1. The molecule has 1 N–H and O–H groups in total. The topological polar surface area (TPSA) is 76.0 Å². The Morgan fingerprint density at radius 3 is 3.00 bits per heavy atom. The van der Waals surface area contributed by atoms with E-state index in [-0.39, 0.29) is 5.91 Å². The van der Waals surface area contributed by atoms with E-state index >= 15 is 0 Å². The Kier molecular flexibility index (Phi) is 5.14. The molecule has 0 saturated carbocycles. The lowest BCUT2D eigenvalue weighted by atomic mass is 9.91. The van der Waals surface area contributed by atoms with E-state index in [1.165, 1.54) is 11.3 Å². The van der Waals surface area contributed by atoms with Gasteiger partial charge in [0, 0.05) is 30.9 Å². The molecule has 28 heavy (non-hydrogen) atoms. The fraction of sp³-hybridized carbons (Fsp3) is 0.381. The second-order valence-corrected chi connectivity index (χ2v) is 7.10. The van der Waals surface area contributed by atoms with E-state index in [1.54, 1.807) is 24.2 Å². The summed E-state index contributed by atoms with van der Waals surface area (Å²) < 4.78 is 7.09. The van der Waals surface area contributed by atoms with Crippen molar-refractivity contribution in [3.8, 4) is 11.4 Å². The predicted octanol–water partition coefficient (Wildman–Crippen LogP) is 3.19. The van der Waals surface area contributed by atoms with Gasteiger partial charge in [0.05, 0.1) is 25.1 Å². The Hall–Kier alpha value is -3.09. The first-order valence-corrected chi connectivity index (χ1v) is 9.70. The number of amides is 1. The molecule has 1 fully saturated rings. The monoisotopic (exact) mass is 379 g/mol. The summed E-state index contributed by atoms with van der Waals surface area (Å²) in [4.78, 5) is 15.0. The van der Waals surface area contributed by atoms with Gasteiger partial charge in [-0.25, -0.2) is 4.68 Å². The number of rotatable bonds is 5. The summed E-state index contributed by atoms with van der Waals surface area (Å²) in [5.41, 5.74) is 3.81. The highest BCUT2D eigenvalue weighted by atomic mass is 16.5. The summed E-state index contributed by atoms with van der Waals surface area (Å²) in [6.07, 6.45) is 8.30. The number of carbonyl (C=O) groups excluding carboxylic acids is 1. The van der Waals surface area contributed by atoms with Crippen LogP contribution in [-0.2, 0) is 6.42 Å². The maximum Gasteiger partial charge on any atom is 0.257 e. The van der Waals surface area contributed by atoms with E-state index in [4.69, 9.17) is 4.74 Å². The van der Waals surface area contributed by atoms with Gasteiger partial charge in [-0.15, -0.1) is 0 Å². The molecular formula is C21H25N5O2. The van der Waals surface area contributed by atoms with Crippen LogP contribution < -0.4 is 4.74 Å². The highest BCUT2D eigenvalue weighted by Crippen LogP contribution is 2.29. The van der Waals surface area contributed by atoms with Crippen LogP contribution >= 0.6 is 0 Å². The highest BCUT2D eigenvalue weighted by Gasteiger charge is 2.28. The van der Waals surface area contributed by atoms with Gasteiger partial charge < -0.3 is 9.64 Å². The fourth-order valence-electron chi connectivity index (χ4n) is 3.92. The lowest BCUT2D eigenvalue weighted by Crippen LogP contribution is -2.39. The molecule has 7 nitrogen and oxygen atoms in total. The number of aryl methyl sites for hydroxylation is 1. The Balaban J connectivity index is 1.52. The normalized spacial score (nSPS) is 16.9. The molecule has 146 valence electrons. The molecule has 1 aromatic carbocycles. The Labute approximate surface area is 164 Å². The van der Waals surface area contributed by atoms with Gasteiger partial charge in [-0.05, 0) is 37.0 Å². The van der Waals surface area contributed by atoms with Crippen molar-refractivity contribution in [3.05, 3.63) is 59.7 Å². The number of para-hydroxylation sites is 2. The maximum absolute atomic E-state index is 13.1. The second-order valence-electron chi connectivity index (χ2n) is 7.10. The van der Waals surface area contributed by atoms with Crippen molar-refractivity contribution in [1.82, 2.24) is 24.9 Å². The van der Waals surface area contributed by atoms with E-state index in [9.17, 15) is 4.79 Å². The molecule has 4 rings (SSSR count). The Morgan fingerprint density at radius 1 is 1.32 bits per heavy atom. The van der Waals surface area contributed by atoms with Crippen molar-refractivity contribution in [1.29, 1.82) is 0 Å². The van der Waals surface area contributed by atoms with Gasteiger partial charge in [0.1, 0.15) is 11.4 Å². The lowest BCUT2D eigenvalue weighted by molar-refractivity contribution is 0.0705. The zero-order valence-corrected chi connectivity index (χ0v) is 16.3. The Morgan fingerprint density at radius 2 is 2.18 bits per heavy atom. The maximum atomic E-state index is 13.1. The van der Waals surface area contributed by atoms with E-state index in [2.05, 4.69) is 22.2 Å². The van der Waals surface area contributed by atoms with Crippen LogP contribution in [0.1, 0.15) is 47.3 Å². The van der Waals surface area contributed by atoms with Crippen molar-refractivity contribution < 1.29 is 9.53 Å². The number of H-pyrrole nitrogens is 1. The van der Waals surface area contributed by atoms with Gasteiger partial charge >= 0.3 is 0 Å². The molecule has 0 aliphatic carbocycles. The van der Waals surface area contributed by atoms with Gasteiger partial charge in [0.2, 0.25) is 0 Å². The fourth-order valence-corrected chi connectivity index (χ4v) is 3.92. The number of piperidine rings is 1. The average molecular weight is 379 g/mol. The molecule has 1 unspecified atom stereocenters. The standard InChI is InChI=1S/C21H25N5O2/c1-3-15-11-22-24-20(15)16-7-6-10-25(13-16)21(27)17-12-23-26(14-17)18-8-4-5-9-19(18)28-2/h4-5,8-9,11-12,14,16H,3,6-7,10,13H2,1-2H3,(H,22,24). The van der Waals surface area contributed by atoms with Crippen molar-refractivity contribution in [2.24, 2.45) is 0 Å². The third-order valence-electron chi connectivity index (χ3n) is 5.41. The molecule has 7 heteroatoms. The number of likely N-dealkylation sites (tertiary alicyclic amines) is 1. The molecule has 1 aliphatic heterocycles. The average Bonchev–Trinajstić information content (AvgIpc) is 3.43. The number of hydrogen-bond acceptors (Lipinski definition) is 4. The van der Waals surface area contributed by atoms with E-state index in [0.29, 0.717) is 23.8 Å². The molecule has 0 bridgehead atoms. The van der Waals surface area contributed by atoms with Crippen LogP contribution in [0.5, 0.6) is 5.75 Å². The summed E-state index contributed by atoms with van der Waals surface area (Å²) in [5.74, 6) is 1.04. The van der Waals surface area contributed by atoms with Crippen LogP contribution in [0.15, 0.2) is 42.9 Å². The predicted molar refractivity (Wildman–Crippen MR) is 106 cm³/mol. The van der Waals surface area contributed by atoms with Crippen molar-refractivity contribution in [2.45, 2.75) is 32.1 Å². The summed E-state index contributed by atoms with van der Waals surface area (Å²) in [7, 11) is 1.63. The molecule has 0 spiro atoms. The number of benzene rings is 1. The second kappa shape index (κ2) is 7.88. The van der Waals surface area contributed by atoms with Gasteiger partial charge in [-0.1, -0.05) is 19.1 Å². The quantitative estimate of drug-likeness (QED) is 0.739. The largest absolute Gasteiger partial charge is 0.494 e. The lowest BCUT2D eigenvalue weighted by Gasteiger charge is -2.32. The zero-order valence-electron chi connectivity index (χ0n) is 16.3. The van der Waals surface area contributed by atoms with E-state index in [0.717, 1.165) is 31.5 Å². The third kappa shape index (κ3) is 3.40. The van der Waals surface area contributed by atoms with Gasteiger partial charge in [0.15, 0.2) is 0 Å². The summed E-state index contributed by atoms with van der Waals surface area (Å²) in [6, 6.07) is 7.63. The van der Waals surface area contributed by atoms with Crippen LogP contribution in [0.3, 0.4) is 0 Å². The molecule has 1 atom stereocenters. The molecule has 1 amide bonds. The molecule has 2 aromatic heterocycles. The molecular weight excluding hydrogens is 354 g/mol. The number of carbonyl (C=O) groups is 1. The van der Waals surface area contributed by atoms with Crippen LogP contribution in [0.2, 0.25) is 0 Å². The minimum atomic E-state index is 0.0170. The van der Waals surface area contributed by atoms with Crippen LogP contribution in [0, 0.1) is 0 Å². The number of nitrogens with one attached hydrogen (secondary N) is 1. The number of hydrogen-bond donors (Lipinski definition) is 1. The van der Waals surface area contributed by atoms with Crippen LogP contribution in [0.25, 0.3) is 5.69 Å².